The van der Waals surface area contributed by atoms with Crippen LogP contribution in [0.25, 0.3) is 11.4 Å². The highest BCUT2D eigenvalue weighted by Gasteiger charge is 2.36. The van der Waals surface area contributed by atoms with E-state index in [9.17, 15) is 17.7 Å². The summed E-state index contributed by atoms with van der Waals surface area (Å²) in [7, 11) is -3.49. The molecule has 0 aliphatic heterocycles. The van der Waals surface area contributed by atoms with Gasteiger partial charge in [0.05, 0.1) is 24.7 Å². The number of hydrogen-bond donors (Lipinski definition) is 1. The van der Waals surface area contributed by atoms with E-state index in [4.69, 9.17) is 16.1 Å². The van der Waals surface area contributed by atoms with Gasteiger partial charge in [-0.15, -0.1) is 0 Å². The summed E-state index contributed by atoms with van der Waals surface area (Å²) in [5.74, 6) is -2.09. The molecular weight excluding hydrogens is 432 g/mol. The van der Waals surface area contributed by atoms with Gasteiger partial charge in [-0.25, -0.2) is 4.39 Å². The van der Waals surface area contributed by atoms with Gasteiger partial charge in [0.2, 0.25) is 5.82 Å². The molecule has 0 aliphatic rings. The van der Waals surface area contributed by atoms with E-state index >= 15 is 0 Å². The molecule has 7 nitrogen and oxygen atoms in total. The molecule has 12 heteroatoms. The van der Waals surface area contributed by atoms with Gasteiger partial charge < -0.3 is 14.1 Å². The molecule has 0 bridgehead atoms. The van der Waals surface area contributed by atoms with Crippen molar-refractivity contribution in [2.45, 2.75) is 18.5 Å². The van der Waals surface area contributed by atoms with Gasteiger partial charge in [0, 0.05) is 11.8 Å². The van der Waals surface area contributed by atoms with Crippen molar-refractivity contribution >= 4 is 24.8 Å². The van der Waals surface area contributed by atoms with Crippen LogP contribution in [-0.4, -0.2) is 21.7 Å². The van der Waals surface area contributed by atoms with Crippen molar-refractivity contribution in [3.05, 3.63) is 60.0 Å². The summed E-state index contributed by atoms with van der Waals surface area (Å²) in [5.41, 5.74) is 0.643. The fourth-order valence-corrected chi connectivity index (χ4v) is 4.41. The lowest BCUT2D eigenvalue weighted by molar-refractivity contribution is 0.0551. The summed E-state index contributed by atoms with van der Waals surface area (Å²) >= 11 is 4.82. The zero-order chi connectivity index (χ0) is 21.1. The predicted octanol–water partition coefficient (Wildman–Crippen LogP) is 5.40. The monoisotopic (exact) mass is 446 g/mol. The Bertz CT molecular complexity index is 1030. The quantitative estimate of drug-likeness (QED) is 0.366. The van der Waals surface area contributed by atoms with Crippen LogP contribution in [0.15, 0.2) is 47.2 Å². The van der Waals surface area contributed by atoms with Crippen LogP contribution in [0, 0.1) is 5.82 Å². The van der Waals surface area contributed by atoms with Crippen LogP contribution < -0.4 is 5.09 Å². The summed E-state index contributed by atoms with van der Waals surface area (Å²) in [4.78, 5) is 7.38. The minimum atomic E-state index is -3.83. The van der Waals surface area contributed by atoms with Gasteiger partial charge in [-0.1, -0.05) is 17.3 Å². The Kier molecular flexibility index (Phi) is 6.26. The second-order valence-electron chi connectivity index (χ2n) is 5.83. The molecule has 2 aromatic heterocycles. The molecule has 3 aromatic rings. The largest absolute Gasteiger partial charge is 0.400 e. The van der Waals surface area contributed by atoms with Crippen molar-refractivity contribution < 1.29 is 26.8 Å². The molecule has 1 unspecified atom stereocenters. The van der Waals surface area contributed by atoms with E-state index in [1.807, 2.05) is 0 Å². The molecule has 1 atom stereocenters. The van der Waals surface area contributed by atoms with Crippen molar-refractivity contribution in [3.8, 4) is 11.4 Å². The zero-order valence-electron chi connectivity index (χ0n) is 15.0. The molecule has 0 amide bonds. The molecule has 2 heterocycles. The van der Waals surface area contributed by atoms with Crippen LogP contribution in [-0.2, 0) is 20.6 Å². The molecule has 29 heavy (non-hydrogen) atoms. The van der Waals surface area contributed by atoms with Crippen molar-refractivity contribution in [3.63, 3.8) is 0 Å². The lowest BCUT2D eigenvalue weighted by atomic mass is 10.1. The predicted molar refractivity (Wildman–Crippen MR) is 100 cm³/mol. The maximum absolute atomic E-state index is 14.6. The van der Waals surface area contributed by atoms with E-state index < -0.39 is 24.6 Å². The van der Waals surface area contributed by atoms with Gasteiger partial charge in [0.1, 0.15) is 5.82 Å². The number of nitrogens with one attached hydrogen (secondary N) is 1. The van der Waals surface area contributed by atoms with E-state index in [1.165, 1.54) is 18.3 Å². The average Bonchev–Trinajstić information content (AvgIpc) is 3.15. The Balaban J connectivity index is 1.83. The number of nitrogens with zero attached hydrogens (tertiary/aromatic N) is 3. The second-order valence-corrected chi connectivity index (χ2v) is 8.45. The van der Waals surface area contributed by atoms with Crippen LogP contribution >= 0.6 is 19.1 Å². The maximum atomic E-state index is 14.6. The topological polar surface area (TPSA) is 90.1 Å². The maximum Gasteiger partial charge on any atom is 0.400 e. The number of rotatable bonds is 8. The van der Waals surface area contributed by atoms with Gasteiger partial charge in [-0.3, -0.25) is 9.55 Å². The van der Waals surface area contributed by atoms with Gasteiger partial charge in [0.25, 0.3) is 7.52 Å². The molecule has 0 aliphatic carbocycles. The van der Waals surface area contributed by atoms with Crippen molar-refractivity contribution in [2.75, 3.05) is 11.7 Å². The molecule has 0 saturated carbocycles. The molecule has 3 rings (SSSR count). The van der Waals surface area contributed by atoms with Gasteiger partial charge in [-0.2, -0.15) is 13.8 Å². The van der Waals surface area contributed by atoms with Crippen molar-refractivity contribution in [2.24, 2.45) is 0 Å². The van der Waals surface area contributed by atoms with Crippen LogP contribution in [0.1, 0.15) is 18.4 Å². The van der Waals surface area contributed by atoms with E-state index in [0.717, 1.165) is 6.07 Å². The highest BCUT2D eigenvalue weighted by Crippen LogP contribution is 2.50. The first-order valence-electron chi connectivity index (χ1n) is 8.32. The minimum Gasteiger partial charge on any atom is -0.331 e. The third-order valence-electron chi connectivity index (χ3n) is 3.66. The first-order valence-corrected chi connectivity index (χ1v) is 10.5. The zero-order valence-corrected chi connectivity index (χ0v) is 16.6. The fraction of sp³-hybridized carbons (Fsp3) is 0.235. The molecule has 0 radical (unpaired) electrons. The van der Waals surface area contributed by atoms with Crippen LogP contribution in [0.3, 0.4) is 0 Å². The fourth-order valence-electron chi connectivity index (χ4n) is 2.45. The summed E-state index contributed by atoms with van der Waals surface area (Å²) < 4.78 is 63.5. The summed E-state index contributed by atoms with van der Waals surface area (Å²) in [6.45, 7) is 1.81. The standard InChI is InChI=1S/C17H15ClF3N4O3P/c1-2-27-29(26,25-13-4-3-7-22-9-13)10-12-6-5-11(8-14(12)19)15-23-16(28-24-15)17(18,20)21/h3-9H,2,10H2,1H3,(H,25,26). The summed E-state index contributed by atoms with van der Waals surface area (Å²) in [5, 5.41) is 2.30. The number of alkyl halides is 3. The number of hydrogen-bond acceptors (Lipinski definition) is 6. The summed E-state index contributed by atoms with van der Waals surface area (Å²) in [6.07, 6.45) is 2.77. The SMILES string of the molecule is CCOP(=O)(Cc1ccc(-c2noc(C(F)(F)Cl)n2)cc1F)Nc1cccnc1. The molecule has 0 fully saturated rings. The Morgan fingerprint density at radius 2 is 2.14 bits per heavy atom. The minimum absolute atomic E-state index is 0.0910. The van der Waals surface area contributed by atoms with Gasteiger partial charge >= 0.3 is 11.3 Å². The van der Waals surface area contributed by atoms with E-state index in [0.29, 0.717) is 5.69 Å². The third-order valence-corrected chi connectivity index (χ3v) is 5.85. The molecule has 1 aromatic carbocycles. The number of halogens is 4. The third kappa shape index (κ3) is 5.35. The first kappa shape index (κ1) is 21.3. The molecule has 1 N–H and O–H groups in total. The normalized spacial score (nSPS) is 13.8. The molecular formula is C17H15ClF3N4O3P. The van der Waals surface area contributed by atoms with Gasteiger partial charge in [0.15, 0.2) is 0 Å². The Labute approximate surface area is 168 Å². The first-order chi connectivity index (χ1) is 13.7. The van der Waals surface area contributed by atoms with Crippen LogP contribution in [0.5, 0.6) is 0 Å². The molecule has 154 valence electrons. The number of anilines is 1. The van der Waals surface area contributed by atoms with E-state index in [-0.39, 0.29) is 29.7 Å². The average molecular weight is 447 g/mol. The number of pyridine rings is 1. The summed E-state index contributed by atoms with van der Waals surface area (Å²) in [6, 6.07) is 7.06. The Morgan fingerprint density at radius 1 is 1.34 bits per heavy atom. The highest BCUT2D eigenvalue weighted by atomic mass is 35.5. The van der Waals surface area contributed by atoms with E-state index in [1.54, 1.807) is 25.3 Å². The highest BCUT2D eigenvalue weighted by molar-refractivity contribution is 7.59. The van der Waals surface area contributed by atoms with Crippen LogP contribution in [0.4, 0.5) is 18.9 Å². The molecule has 0 saturated heterocycles. The lowest BCUT2D eigenvalue weighted by Gasteiger charge is -2.20. The van der Waals surface area contributed by atoms with Crippen molar-refractivity contribution in [1.82, 2.24) is 15.1 Å². The van der Waals surface area contributed by atoms with Crippen molar-refractivity contribution in [1.29, 1.82) is 0 Å². The van der Waals surface area contributed by atoms with Gasteiger partial charge in [-0.05, 0) is 42.3 Å². The number of aromatic nitrogens is 3. The smallest absolute Gasteiger partial charge is 0.331 e. The van der Waals surface area contributed by atoms with Crippen LogP contribution in [0.2, 0.25) is 0 Å². The molecule has 0 spiro atoms. The Hall–Kier alpha value is -2.42. The second kappa shape index (κ2) is 8.52. The Morgan fingerprint density at radius 3 is 2.72 bits per heavy atom. The van der Waals surface area contributed by atoms with E-state index in [2.05, 4.69) is 24.7 Å². The number of benzene rings is 1. The lowest BCUT2D eigenvalue weighted by Crippen LogP contribution is -2.06.